The molecule has 1 aliphatic rings. The first-order valence-corrected chi connectivity index (χ1v) is 11.8. The maximum Gasteiger partial charge on any atom is 0.300 e. The first-order valence-electron chi connectivity index (χ1n) is 10.5. The minimum atomic E-state index is -0.758. The number of halogens is 1. The Bertz CT molecular complexity index is 1260. The van der Waals surface area contributed by atoms with Crippen molar-refractivity contribution in [2.24, 2.45) is 0 Å². The van der Waals surface area contributed by atoms with E-state index < -0.39 is 17.7 Å². The molecule has 0 saturated carbocycles. The van der Waals surface area contributed by atoms with Crippen LogP contribution in [0, 0.1) is 6.92 Å². The van der Waals surface area contributed by atoms with Gasteiger partial charge in [0.05, 0.1) is 12.7 Å². The molecule has 4 rings (SSSR count). The third-order valence-electron chi connectivity index (χ3n) is 5.88. The maximum absolute atomic E-state index is 13.3. The lowest BCUT2D eigenvalue weighted by molar-refractivity contribution is -0.132. The molecule has 1 aromatic heterocycles. The number of ether oxygens (including phenoxy) is 1. The van der Waals surface area contributed by atoms with Gasteiger partial charge in [0.1, 0.15) is 17.6 Å². The summed E-state index contributed by atoms with van der Waals surface area (Å²) in [5, 5.41) is 13.7. The van der Waals surface area contributed by atoms with Crippen LogP contribution in [0.3, 0.4) is 0 Å². The van der Waals surface area contributed by atoms with E-state index >= 15 is 0 Å². The molecule has 1 N–H and O–H groups in total. The molecule has 1 amide bonds. The molecule has 0 bridgehead atoms. The fourth-order valence-electron chi connectivity index (χ4n) is 4.14. The summed E-state index contributed by atoms with van der Waals surface area (Å²) in [6, 6.07) is 13.5. The number of methoxy groups -OCH3 is 1. The molecule has 33 heavy (non-hydrogen) atoms. The van der Waals surface area contributed by atoms with Gasteiger partial charge >= 0.3 is 0 Å². The van der Waals surface area contributed by atoms with Crippen LogP contribution < -0.4 is 9.64 Å². The van der Waals surface area contributed by atoms with E-state index in [0.717, 1.165) is 10.4 Å². The van der Waals surface area contributed by atoms with Crippen molar-refractivity contribution in [3.63, 3.8) is 0 Å². The minimum absolute atomic E-state index is 0.0571. The number of hydrogen-bond donors (Lipinski definition) is 1. The highest BCUT2D eigenvalue weighted by molar-refractivity contribution is 7.10. The number of carbonyl (C=O) groups excluding carboxylic acids is 2. The van der Waals surface area contributed by atoms with Gasteiger partial charge in [-0.3, -0.25) is 14.5 Å². The number of aliphatic hydroxyl groups excluding tert-OH is 1. The van der Waals surface area contributed by atoms with Crippen LogP contribution in [0.5, 0.6) is 5.75 Å². The second-order valence-corrected chi connectivity index (χ2v) is 9.57. The smallest absolute Gasteiger partial charge is 0.300 e. The number of anilines is 1. The monoisotopic (exact) mass is 481 g/mol. The Morgan fingerprint density at radius 3 is 2.55 bits per heavy atom. The van der Waals surface area contributed by atoms with Crippen molar-refractivity contribution < 1.29 is 19.4 Å². The van der Waals surface area contributed by atoms with Crippen molar-refractivity contribution in [2.75, 3.05) is 12.0 Å². The van der Waals surface area contributed by atoms with Gasteiger partial charge in [-0.15, -0.1) is 11.3 Å². The Morgan fingerprint density at radius 1 is 1.15 bits per heavy atom. The lowest BCUT2D eigenvalue weighted by Crippen LogP contribution is -2.29. The topological polar surface area (TPSA) is 66.8 Å². The molecule has 1 atom stereocenters. The van der Waals surface area contributed by atoms with Crippen LogP contribution in [0.1, 0.15) is 47.4 Å². The summed E-state index contributed by atoms with van der Waals surface area (Å²) < 4.78 is 5.45. The fraction of sp³-hybridized carbons (Fsp3) is 0.231. The maximum atomic E-state index is 13.3. The quantitative estimate of drug-likeness (QED) is 0.257. The molecule has 1 aliphatic heterocycles. The standard InChI is InChI=1S/C26H24ClNO4S/c1-14(2)17-13-16(10-11-20(17)32-4)24(29)22-23(21-9-6-12-33-21)28(26(31)25(22)30)19-8-5-7-18(27)15(19)3/h5-14,23,29H,1-4H3/b24-22-. The highest BCUT2D eigenvalue weighted by atomic mass is 35.5. The van der Waals surface area contributed by atoms with E-state index in [2.05, 4.69) is 0 Å². The number of amides is 1. The van der Waals surface area contributed by atoms with Crippen LogP contribution in [0.25, 0.3) is 5.76 Å². The predicted molar refractivity (Wildman–Crippen MR) is 132 cm³/mol. The van der Waals surface area contributed by atoms with E-state index in [1.165, 1.54) is 16.2 Å². The number of ketones is 1. The van der Waals surface area contributed by atoms with Crippen molar-refractivity contribution in [3.8, 4) is 5.75 Å². The van der Waals surface area contributed by atoms with Crippen LogP contribution in [-0.2, 0) is 9.59 Å². The van der Waals surface area contributed by atoms with E-state index in [-0.39, 0.29) is 17.3 Å². The third kappa shape index (κ3) is 3.94. The average Bonchev–Trinajstić information content (AvgIpc) is 3.42. The Morgan fingerprint density at radius 2 is 1.91 bits per heavy atom. The zero-order valence-corrected chi connectivity index (χ0v) is 20.3. The summed E-state index contributed by atoms with van der Waals surface area (Å²) in [5.41, 5.74) is 2.64. The van der Waals surface area contributed by atoms with E-state index in [0.29, 0.717) is 27.6 Å². The third-order valence-corrected chi connectivity index (χ3v) is 7.22. The molecule has 170 valence electrons. The molecule has 1 unspecified atom stereocenters. The van der Waals surface area contributed by atoms with Gasteiger partial charge in [0.15, 0.2) is 0 Å². The molecule has 1 saturated heterocycles. The number of carbonyl (C=O) groups is 2. The van der Waals surface area contributed by atoms with Gasteiger partial charge in [0.2, 0.25) is 0 Å². The number of aliphatic hydroxyl groups is 1. The number of nitrogens with zero attached hydrogens (tertiary/aromatic N) is 1. The van der Waals surface area contributed by atoms with E-state index in [9.17, 15) is 14.7 Å². The van der Waals surface area contributed by atoms with E-state index in [1.54, 1.807) is 44.4 Å². The lowest BCUT2D eigenvalue weighted by Gasteiger charge is -2.26. The van der Waals surface area contributed by atoms with Crippen molar-refractivity contribution in [1.82, 2.24) is 0 Å². The Kier molecular flexibility index (Phi) is 6.32. The number of rotatable bonds is 5. The molecule has 7 heteroatoms. The number of Topliss-reactive ketones (excluding diaryl/α,β-unsaturated/α-hetero) is 1. The second-order valence-electron chi connectivity index (χ2n) is 8.18. The Balaban J connectivity index is 1.95. The van der Waals surface area contributed by atoms with Crippen molar-refractivity contribution in [2.45, 2.75) is 32.7 Å². The number of benzene rings is 2. The second kappa shape index (κ2) is 9.04. The molecule has 0 radical (unpaired) electrons. The van der Waals surface area contributed by atoms with Crippen molar-refractivity contribution in [3.05, 3.63) is 86.1 Å². The van der Waals surface area contributed by atoms with Crippen LogP contribution in [0.4, 0.5) is 5.69 Å². The molecular weight excluding hydrogens is 458 g/mol. The van der Waals surface area contributed by atoms with Crippen LogP contribution in [-0.4, -0.2) is 23.9 Å². The van der Waals surface area contributed by atoms with Gasteiger partial charge in [-0.25, -0.2) is 0 Å². The number of hydrogen-bond acceptors (Lipinski definition) is 5. The molecule has 0 aliphatic carbocycles. The van der Waals surface area contributed by atoms with Crippen molar-refractivity contribution >= 4 is 46.1 Å². The SMILES string of the molecule is COc1ccc(/C(O)=C2/C(=O)C(=O)N(c3cccc(Cl)c3C)C2c2cccs2)cc1C(C)C. The molecule has 1 fully saturated rings. The lowest BCUT2D eigenvalue weighted by atomic mass is 9.95. The first kappa shape index (κ1) is 23.1. The predicted octanol–water partition coefficient (Wildman–Crippen LogP) is 6.47. The zero-order valence-electron chi connectivity index (χ0n) is 18.8. The molecule has 5 nitrogen and oxygen atoms in total. The molecule has 2 aromatic carbocycles. The molecule has 3 aromatic rings. The summed E-state index contributed by atoms with van der Waals surface area (Å²) in [6.07, 6.45) is 0. The molecule has 2 heterocycles. The average molecular weight is 482 g/mol. The summed E-state index contributed by atoms with van der Waals surface area (Å²) >= 11 is 7.74. The first-order chi connectivity index (χ1) is 15.8. The van der Waals surface area contributed by atoms with Gasteiger partial charge in [0, 0.05) is 21.2 Å². The number of thiophene rings is 1. The summed E-state index contributed by atoms with van der Waals surface area (Å²) in [4.78, 5) is 28.8. The van der Waals surface area contributed by atoms with Gasteiger partial charge in [-0.1, -0.05) is 37.6 Å². The highest BCUT2D eigenvalue weighted by Crippen LogP contribution is 2.45. The van der Waals surface area contributed by atoms with E-state index in [4.69, 9.17) is 16.3 Å². The van der Waals surface area contributed by atoms with Crippen LogP contribution >= 0.6 is 22.9 Å². The summed E-state index contributed by atoms with van der Waals surface area (Å²) in [7, 11) is 1.59. The van der Waals surface area contributed by atoms with Crippen molar-refractivity contribution in [1.29, 1.82) is 0 Å². The Labute approximate surface area is 201 Å². The highest BCUT2D eigenvalue weighted by Gasteiger charge is 2.48. The summed E-state index contributed by atoms with van der Waals surface area (Å²) in [5.74, 6) is -0.799. The Hall–Kier alpha value is -3.09. The minimum Gasteiger partial charge on any atom is -0.507 e. The summed E-state index contributed by atoms with van der Waals surface area (Å²) in [6.45, 7) is 5.85. The van der Waals surface area contributed by atoms with Gasteiger partial charge in [-0.05, 0) is 65.7 Å². The van der Waals surface area contributed by atoms with Crippen LogP contribution in [0.2, 0.25) is 5.02 Å². The fourth-order valence-corrected chi connectivity index (χ4v) is 5.14. The van der Waals surface area contributed by atoms with Gasteiger partial charge in [0.25, 0.3) is 11.7 Å². The zero-order chi connectivity index (χ0) is 23.9. The largest absolute Gasteiger partial charge is 0.507 e. The molecular formula is C26H24ClNO4S. The van der Waals surface area contributed by atoms with Gasteiger partial charge in [-0.2, -0.15) is 0 Å². The normalized spacial score (nSPS) is 17.8. The van der Waals surface area contributed by atoms with Gasteiger partial charge < -0.3 is 9.84 Å². The van der Waals surface area contributed by atoms with E-state index in [1.807, 2.05) is 37.4 Å². The van der Waals surface area contributed by atoms with Crippen LogP contribution in [0.15, 0.2) is 59.5 Å². The molecule has 0 spiro atoms.